The van der Waals surface area contributed by atoms with Crippen molar-refractivity contribution in [3.05, 3.63) is 29.8 Å². The Balaban J connectivity index is 1.70. The molecule has 1 aliphatic heterocycles. The number of hydrogen-bond donors (Lipinski definition) is 1. The lowest BCUT2D eigenvalue weighted by Crippen LogP contribution is -2.34. The van der Waals surface area contributed by atoms with E-state index < -0.39 is 0 Å². The molecular weight excluding hydrogens is 280 g/mol. The predicted octanol–water partition coefficient (Wildman–Crippen LogP) is 3.00. The molecule has 0 amide bonds. The molecule has 1 aromatic rings. The van der Waals surface area contributed by atoms with Crippen LogP contribution in [0, 0.1) is 0 Å². The lowest BCUT2D eigenvalue weighted by atomic mass is 10.2. The van der Waals surface area contributed by atoms with Crippen LogP contribution < -0.4 is 10.1 Å². The van der Waals surface area contributed by atoms with Crippen molar-refractivity contribution >= 4 is 11.8 Å². The van der Waals surface area contributed by atoms with Gasteiger partial charge in [-0.25, -0.2) is 0 Å². The van der Waals surface area contributed by atoms with Gasteiger partial charge < -0.3 is 10.1 Å². The number of rotatable bonds is 9. The van der Waals surface area contributed by atoms with Gasteiger partial charge in [0.15, 0.2) is 0 Å². The number of nitrogens with zero attached hydrogens (tertiary/aromatic N) is 1. The van der Waals surface area contributed by atoms with Crippen LogP contribution in [0.2, 0.25) is 0 Å². The van der Waals surface area contributed by atoms with E-state index in [1.807, 2.05) is 0 Å². The molecular formula is C17H28N2OS. The van der Waals surface area contributed by atoms with Crippen LogP contribution in [0.5, 0.6) is 5.75 Å². The largest absolute Gasteiger partial charge is 0.492 e. The smallest absolute Gasteiger partial charge is 0.119 e. The summed E-state index contributed by atoms with van der Waals surface area (Å²) >= 11 is 2.06. The minimum Gasteiger partial charge on any atom is -0.492 e. The van der Waals surface area contributed by atoms with Crippen LogP contribution in [0.25, 0.3) is 0 Å². The molecule has 1 atom stereocenters. The maximum atomic E-state index is 5.91. The van der Waals surface area contributed by atoms with Gasteiger partial charge in [-0.05, 0) is 49.9 Å². The summed E-state index contributed by atoms with van der Waals surface area (Å²) < 4.78 is 5.91. The summed E-state index contributed by atoms with van der Waals surface area (Å²) in [5.74, 6) is 3.57. The fourth-order valence-electron chi connectivity index (χ4n) is 2.51. The van der Waals surface area contributed by atoms with Crippen LogP contribution in [0.15, 0.2) is 24.3 Å². The fourth-order valence-corrected chi connectivity index (χ4v) is 3.81. The van der Waals surface area contributed by atoms with Crippen molar-refractivity contribution in [2.24, 2.45) is 0 Å². The molecule has 0 bridgehead atoms. The highest BCUT2D eigenvalue weighted by molar-refractivity contribution is 7.99. The number of ether oxygens (including phenoxy) is 1. The predicted molar refractivity (Wildman–Crippen MR) is 92.3 cm³/mol. The third kappa shape index (κ3) is 5.89. The SMILES string of the molecule is CCCNCc1cccc(OCCN(C)C2CCSC2)c1. The molecule has 2 rings (SSSR count). The van der Waals surface area contributed by atoms with E-state index >= 15 is 0 Å². The van der Waals surface area contributed by atoms with Gasteiger partial charge in [0.1, 0.15) is 12.4 Å². The standard InChI is InChI=1S/C17H28N2OS/c1-3-8-18-13-15-5-4-6-17(12-15)20-10-9-19(2)16-7-11-21-14-16/h4-6,12,16,18H,3,7-11,13-14H2,1-2H3. The van der Waals surface area contributed by atoms with E-state index in [1.165, 1.54) is 29.9 Å². The average molecular weight is 308 g/mol. The van der Waals surface area contributed by atoms with E-state index in [0.29, 0.717) is 0 Å². The molecule has 21 heavy (non-hydrogen) atoms. The van der Waals surface area contributed by atoms with Gasteiger partial charge in [0.25, 0.3) is 0 Å². The zero-order valence-electron chi connectivity index (χ0n) is 13.3. The van der Waals surface area contributed by atoms with Crippen molar-refractivity contribution in [2.75, 3.05) is 38.2 Å². The minimum absolute atomic E-state index is 0.739. The highest BCUT2D eigenvalue weighted by Crippen LogP contribution is 2.21. The zero-order valence-corrected chi connectivity index (χ0v) is 14.1. The second-order valence-electron chi connectivity index (χ2n) is 5.67. The number of benzene rings is 1. The first-order valence-electron chi connectivity index (χ1n) is 8.00. The van der Waals surface area contributed by atoms with Gasteiger partial charge in [-0.15, -0.1) is 0 Å². The quantitative estimate of drug-likeness (QED) is 0.709. The molecule has 118 valence electrons. The molecule has 0 aromatic heterocycles. The van der Waals surface area contributed by atoms with Crippen molar-refractivity contribution in [3.63, 3.8) is 0 Å². The maximum absolute atomic E-state index is 5.91. The summed E-state index contributed by atoms with van der Waals surface area (Å²) in [5, 5.41) is 3.42. The van der Waals surface area contributed by atoms with Crippen molar-refractivity contribution in [2.45, 2.75) is 32.4 Å². The van der Waals surface area contributed by atoms with Gasteiger partial charge in [-0.1, -0.05) is 19.1 Å². The molecule has 1 aromatic carbocycles. The number of nitrogens with one attached hydrogen (secondary N) is 1. The molecule has 1 aliphatic rings. The number of thioether (sulfide) groups is 1. The van der Waals surface area contributed by atoms with E-state index in [2.05, 4.69) is 60.2 Å². The summed E-state index contributed by atoms with van der Waals surface area (Å²) in [6.07, 6.45) is 2.49. The Hall–Kier alpha value is -0.710. The summed E-state index contributed by atoms with van der Waals surface area (Å²) in [7, 11) is 2.21. The topological polar surface area (TPSA) is 24.5 Å². The molecule has 1 fully saturated rings. The van der Waals surface area contributed by atoms with E-state index in [-0.39, 0.29) is 0 Å². The van der Waals surface area contributed by atoms with Crippen LogP contribution in [-0.4, -0.2) is 49.2 Å². The van der Waals surface area contributed by atoms with Crippen LogP contribution in [0.3, 0.4) is 0 Å². The van der Waals surface area contributed by atoms with Gasteiger partial charge in [-0.2, -0.15) is 11.8 Å². The molecule has 1 saturated heterocycles. The Bertz CT molecular complexity index is 408. The van der Waals surface area contributed by atoms with Gasteiger partial charge in [0, 0.05) is 24.9 Å². The van der Waals surface area contributed by atoms with E-state index in [4.69, 9.17) is 4.74 Å². The second-order valence-corrected chi connectivity index (χ2v) is 6.82. The van der Waals surface area contributed by atoms with Crippen LogP contribution in [-0.2, 0) is 6.54 Å². The van der Waals surface area contributed by atoms with Crippen LogP contribution in [0.4, 0.5) is 0 Å². The molecule has 0 spiro atoms. The Labute approximate surface area is 133 Å². The van der Waals surface area contributed by atoms with Crippen LogP contribution >= 0.6 is 11.8 Å². The molecule has 3 nitrogen and oxygen atoms in total. The van der Waals surface area contributed by atoms with Crippen molar-refractivity contribution in [1.29, 1.82) is 0 Å². The number of hydrogen-bond acceptors (Lipinski definition) is 4. The third-order valence-corrected chi connectivity index (χ3v) is 5.04. The van der Waals surface area contributed by atoms with Crippen LogP contribution in [0.1, 0.15) is 25.3 Å². The maximum Gasteiger partial charge on any atom is 0.119 e. The molecule has 0 radical (unpaired) electrons. The molecule has 1 unspecified atom stereocenters. The van der Waals surface area contributed by atoms with Gasteiger partial charge in [0.2, 0.25) is 0 Å². The lowest BCUT2D eigenvalue weighted by Gasteiger charge is -2.23. The average Bonchev–Trinajstić information content (AvgIpc) is 3.02. The minimum atomic E-state index is 0.739. The molecule has 1 heterocycles. The summed E-state index contributed by atoms with van der Waals surface area (Å²) in [6, 6.07) is 9.17. The highest BCUT2D eigenvalue weighted by atomic mass is 32.2. The summed E-state index contributed by atoms with van der Waals surface area (Å²) in [6.45, 7) is 5.94. The van der Waals surface area contributed by atoms with Gasteiger partial charge in [-0.3, -0.25) is 4.90 Å². The van der Waals surface area contributed by atoms with Gasteiger partial charge >= 0.3 is 0 Å². The lowest BCUT2D eigenvalue weighted by molar-refractivity contribution is 0.202. The monoisotopic (exact) mass is 308 g/mol. The molecule has 4 heteroatoms. The van der Waals surface area contributed by atoms with Crippen molar-refractivity contribution in [1.82, 2.24) is 10.2 Å². The second kappa shape index (κ2) is 9.34. The summed E-state index contributed by atoms with van der Waals surface area (Å²) in [5.41, 5.74) is 1.29. The number of likely N-dealkylation sites (N-methyl/N-ethyl adjacent to an activating group) is 1. The Morgan fingerprint density at radius 3 is 3.10 bits per heavy atom. The first-order valence-corrected chi connectivity index (χ1v) is 9.15. The van der Waals surface area contributed by atoms with E-state index in [0.717, 1.165) is 38.0 Å². The Morgan fingerprint density at radius 1 is 1.43 bits per heavy atom. The summed E-state index contributed by atoms with van der Waals surface area (Å²) in [4.78, 5) is 2.44. The van der Waals surface area contributed by atoms with E-state index in [9.17, 15) is 0 Å². The molecule has 1 N–H and O–H groups in total. The molecule has 0 saturated carbocycles. The van der Waals surface area contributed by atoms with Crippen molar-refractivity contribution < 1.29 is 4.74 Å². The zero-order chi connectivity index (χ0) is 14.9. The first kappa shape index (κ1) is 16.7. The fraction of sp³-hybridized carbons (Fsp3) is 0.647. The normalized spacial score (nSPS) is 18.3. The highest BCUT2D eigenvalue weighted by Gasteiger charge is 2.19. The third-order valence-electron chi connectivity index (χ3n) is 3.90. The van der Waals surface area contributed by atoms with Crippen molar-refractivity contribution in [3.8, 4) is 5.75 Å². The van der Waals surface area contributed by atoms with Gasteiger partial charge in [0.05, 0.1) is 0 Å². The molecule has 0 aliphatic carbocycles. The van der Waals surface area contributed by atoms with E-state index in [1.54, 1.807) is 0 Å². The Morgan fingerprint density at radius 2 is 2.33 bits per heavy atom. The first-order chi connectivity index (χ1) is 10.3. The Kier molecular flexibility index (Phi) is 7.41.